The monoisotopic (exact) mass is 493 g/mol. The first-order valence-corrected chi connectivity index (χ1v) is 11.4. The molecule has 3 amide bonds. The van der Waals surface area contributed by atoms with Crippen molar-refractivity contribution < 1.29 is 28.8 Å². The number of imide groups is 1. The molecular formula is C24H19N3O7S. The third kappa shape index (κ3) is 4.80. The van der Waals surface area contributed by atoms with E-state index in [0.717, 1.165) is 16.2 Å². The minimum absolute atomic E-state index is 0.111. The van der Waals surface area contributed by atoms with Gasteiger partial charge >= 0.3 is 5.97 Å². The normalized spacial score (nSPS) is 12.4. The molecule has 1 aromatic heterocycles. The summed E-state index contributed by atoms with van der Waals surface area (Å²) >= 11 is 1.03. The molecule has 2 aromatic carbocycles. The van der Waals surface area contributed by atoms with Crippen LogP contribution in [-0.4, -0.2) is 46.7 Å². The Morgan fingerprint density at radius 3 is 2.37 bits per heavy atom. The second kappa shape index (κ2) is 9.85. The van der Waals surface area contributed by atoms with Crippen LogP contribution in [-0.2, 0) is 9.53 Å². The van der Waals surface area contributed by atoms with Crippen molar-refractivity contribution in [3.05, 3.63) is 80.7 Å². The summed E-state index contributed by atoms with van der Waals surface area (Å²) < 4.78 is 5.08. The van der Waals surface area contributed by atoms with E-state index in [0.29, 0.717) is 21.6 Å². The Morgan fingerprint density at radius 1 is 1.06 bits per heavy atom. The predicted molar refractivity (Wildman–Crippen MR) is 127 cm³/mol. The van der Waals surface area contributed by atoms with Gasteiger partial charge in [-0.3, -0.25) is 29.4 Å². The first-order valence-electron chi connectivity index (χ1n) is 10.6. The van der Waals surface area contributed by atoms with Crippen molar-refractivity contribution in [3.8, 4) is 10.4 Å². The number of non-ortho nitro benzene ring substituents is 1. The molecular weight excluding hydrogens is 474 g/mol. The second-order valence-electron chi connectivity index (χ2n) is 7.49. The van der Waals surface area contributed by atoms with Crippen LogP contribution in [0.2, 0.25) is 0 Å². The van der Waals surface area contributed by atoms with E-state index in [1.807, 2.05) is 0 Å². The van der Waals surface area contributed by atoms with Crippen LogP contribution in [0.15, 0.2) is 54.6 Å². The van der Waals surface area contributed by atoms with Gasteiger partial charge in [-0.2, -0.15) is 0 Å². The van der Waals surface area contributed by atoms with Crippen LogP contribution in [0.4, 0.5) is 11.4 Å². The van der Waals surface area contributed by atoms with Crippen LogP contribution in [0.5, 0.6) is 0 Å². The number of ether oxygens (including phenoxy) is 1. The summed E-state index contributed by atoms with van der Waals surface area (Å²) in [4.78, 5) is 62.4. The molecule has 2 heterocycles. The lowest BCUT2D eigenvalue weighted by Gasteiger charge is -2.13. The highest BCUT2D eigenvalue weighted by Crippen LogP contribution is 2.36. The van der Waals surface area contributed by atoms with Crippen LogP contribution in [0.25, 0.3) is 10.4 Å². The zero-order valence-electron chi connectivity index (χ0n) is 18.5. The number of carbonyl (C=O) groups excluding carboxylic acids is 4. The lowest BCUT2D eigenvalue weighted by atomic mass is 10.1. The van der Waals surface area contributed by atoms with Crippen LogP contribution < -0.4 is 5.32 Å². The Labute approximate surface area is 203 Å². The molecule has 0 saturated heterocycles. The molecule has 10 nitrogen and oxygen atoms in total. The number of carbonyl (C=O) groups is 4. The number of amides is 3. The maximum Gasteiger partial charge on any atom is 0.350 e. The fraction of sp³-hybridized carbons (Fsp3) is 0.167. The van der Waals surface area contributed by atoms with E-state index in [-0.39, 0.29) is 35.8 Å². The quantitative estimate of drug-likeness (QED) is 0.216. The topological polar surface area (TPSA) is 136 Å². The Balaban J connectivity index is 1.52. The lowest BCUT2D eigenvalue weighted by molar-refractivity contribution is -0.384. The molecule has 0 spiro atoms. The third-order valence-corrected chi connectivity index (χ3v) is 6.41. The summed E-state index contributed by atoms with van der Waals surface area (Å²) in [7, 11) is 0. The zero-order chi connectivity index (χ0) is 25.1. The van der Waals surface area contributed by atoms with Crippen LogP contribution in [0, 0.1) is 10.1 Å². The molecule has 0 bridgehead atoms. The Hall–Kier alpha value is -4.38. The molecule has 4 rings (SSSR count). The third-order valence-electron chi connectivity index (χ3n) is 5.25. The van der Waals surface area contributed by atoms with Crippen molar-refractivity contribution >= 4 is 46.4 Å². The number of rotatable bonds is 8. The first kappa shape index (κ1) is 23.8. The molecule has 35 heavy (non-hydrogen) atoms. The van der Waals surface area contributed by atoms with E-state index in [9.17, 15) is 29.3 Å². The average Bonchev–Trinajstić information content (AvgIpc) is 3.37. The fourth-order valence-corrected chi connectivity index (χ4v) is 4.62. The molecule has 11 heteroatoms. The summed E-state index contributed by atoms with van der Waals surface area (Å²) in [5.74, 6) is -2.09. The molecule has 178 valence electrons. The molecule has 1 N–H and O–H groups in total. The van der Waals surface area contributed by atoms with Gasteiger partial charge < -0.3 is 10.1 Å². The van der Waals surface area contributed by atoms with Gasteiger partial charge in [0.15, 0.2) is 0 Å². The van der Waals surface area contributed by atoms with Gasteiger partial charge in [-0.25, -0.2) is 4.79 Å². The van der Waals surface area contributed by atoms with Gasteiger partial charge in [-0.15, -0.1) is 11.3 Å². The predicted octanol–water partition coefficient (Wildman–Crippen LogP) is 4.12. The van der Waals surface area contributed by atoms with Crippen molar-refractivity contribution in [2.75, 3.05) is 18.5 Å². The summed E-state index contributed by atoms with van der Waals surface area (Å²) in [6.07, 6.45) is -0.185. The maximum atomic E-state index is 12.7. The summed E-state index contributed by atoms with van der Waals surface area (Å²) in [6, 6.07) is 13.9. The van der Waals surface area contributed by atoms with Gasteiger partial charge in [-0.1, -0.05) is 24.3 Å². The van der Waals surface area contributed by atoms with E-state index >= 15 is 0 Å². The van der Waals surface area contributed by atoms with E-state index in [1.54, 1.807) is 37.3 Å². The number of benzene rings is 2. The molecule has 1 aliphatic heterocycles. The summed E-state index contributed by atoms with van der Waals surface area (Å²) in [5, 5.41) is 13.8. The number of nitro benzene ring substituents is 1. The number of fused-ring (bicyclic) bond motifs is 1. The van der Waals surface area contributed by atoms with Gasteiger partial charge in [0.25, 0.3) is 17.5 Å². The molecule has 0 unspecified atom stereocenters. The largest absolute Gasteiger partial charge is 0.462 e. The number of hydrogen-bond donors (Lipinski definition) is 1. The van der Waals surface area contributed by atoms with Crippen molar-refractivity contribution in [2.24, 2.45) is 0 Å². The zero-order valence-corrected chi connectivity index (χ0v) is 19.3. The summed E-state index contributed by atoms with van der Waals surface area (Å²) in [5.41, 5.74) is 1.16. The van der Waals surface area contributed by atoms with Gasteiger partial charge in [0.2, 0.25) is 5.91 Å². The minimum Gasteiger partial charge on any atom is -0.462 e. The SMILES string of the molecule is CCOC(=O)c1sc(-c2cccc([N+](=O)[O-])c2)cc1NC(=O)CCN1C(=O)c2ccccc2C1=O. The van der Waals surface area contributed by atoms with Crippen molar-refractivity contribution in [1.82, 2.24) is 4.90 Å². The maximum absolute atomic E-state index is 12.7. The van der Waals surface area contributed by atoms with Crippen LogP contribution >= 0.6 is 11.3 Å². The van der Waals surface area contributed by atoms with Gasteiger partial charge in [0.1, 0.15) is 4.88 Å². The van der Waals surface area contributed by atoms with Crippen molar-refractivity contribution in [1.29, 1.82) is 0 Å². The Bertz CT molecular complexity index is 1330. The number of nitrogens with one attached hydrogen (secondary N) is 1. The second-order valence-corrected chi connectivity index (χ2v) is 8.54. The molecule has 0 radical (unpaired) electrons. The molecule has 0 aliphatic carbocycles. The molecule has 0 fully saturated rings. The average molecular weight is 493 g/mol. The number of thiophene rings is 1. The number of nitrogens with zero attached hydrogens (tertiary/aromatic N) is 2. The van der Waals surface area contributed by atoms with E-state index < -0.39 is 28.6 Å². The standard InChI is InChI=1S/C24H19N3O7S/c1-2-34-24(31)21-18(13-19(35-21)14-6-5-7-15(12-14)27(32)33)25-20(28)10-11-26-22(29)16-8-3-4-9-17(16)23(26)30/h3-9,12-13H,2,10-11H2,1H3,(H,25,28). The number of hydrogen-bond acceptors (Lipinski definition) is 8. The fourth-order valence-electron chi connectivity index (χ4n) is 3.62. The number of esters is 1. The molecule has 1 aliphatic rings. The van der Waals surface area contributed by atoms with Crippen molar-refractivity contribution in [2.45, 2.75) is 13.3 Å². The molecule has 3 aromatic rings. The van der Waals surface area contributed by atoms with Gasteiger partial charge in [-0.05, 0) is 30.7 Å². The first-order chi connectivity index (χ1) is 16.8. The minimum atomic E-state index is -0.648. The molecule has 0 saturated carbocycles. The van der Waals surface area contributed by atoms with E-state index in [2.05, 4.69) is 5.32 Å². The highest BCUT2D eigenvalue weighted by atomic mass is 32.1. The Morgan fingerprint density at radius 2 is 1.74 bits per heavy atom. The van der Waals surface area contributed by atoms with Gasteiger partial charge in [0.05, 0.1) is 28.3 Å². The smallest absolute Gasteiger partial charge is 0.350 e. The number of anilines is 1. The van der Waals surface area contributed by atoms with E-state index in [4.69, 9.17) is 4.74 Å². The molecule has 0 atom stereocenters. The Kier molecular flexibility index (Phi) is 6.69. The highest BCUT2D eigenvalue weighted by molar-refractivity contribution is 7.18. The highest BCUT2D eigenvalue weighted by Gasteiger charge is 2.35. The van der Waals surface area contributed by atoms with Gasteiger partial charge in [0, 0.05) is 30.0 Å². The van der Waals surface area contributed by atoms with Crippen LogP contribution in [0.1, 0.15) is 43.7 Å². The van der Waals surface area contributed by atoms with Crippen LogP contribution in [0.3, 0.4) is 0 Å². The van der Waals surface area contributed by atoms with Crippen molar-refractivity contribution in [3.63, 3.8) is 0 Å². The summed E-state index contributed by atoms with van der Waals surface area (Å²) in [6.45, 7) is 1.64. The van der Waals surface area contributed by atoms with E-state index in [1.165, 1.54) is 24.3 Å². The lowest BCUT2D eigenvalue weighted by Crippen LogP contribution is -2.33. The number of nitro groups is 1.